The maximum Gasteiger partial charge on any atom is 0.186 e. The number of methoxy groups -OCH3 is 1. The Morgan fingerprint density at radius 3 is 2.71 bits per heavy atom. The molecule has 0 bridgehead atoms. The Hall–Kier alpha value is 0.00740. The van der Waals surface area contributed by atoms with Gasteiger partial charge in [-0.3, -0.25) is 4.79 Å². The molecule has 2 atom stereocenters. The van der Waals surface area contributed by atoms with Crippen molar-refractivity contribution in [3.63, 3.8) is 0 Å². The van der Waals surface area contributed by atoms with Crippen LogP contribution in [0.4, 0.5) is 0 Å². The van der Waals surface area contributed by atoms with E-state index in [-0.39, 0.29) is 33.0 Å². The van der Waals surface area contributed by atoms with E-state index >= 15 is 0 Å². The maximum absolute atomic E-state index is 12.1. The third-order valence-electron chi connectivity index (χ3n) is 2.41. The molecular weight excluding hydrogens is 249 g/mol. The first-order valence-corrected chi connectivity index (χ1v) is 6.69. The Kier molecular flexibility index (Phi) is 8.17. The van der Waals surface area contributed by atoms with Crippen LogP contribution in [0.5, 0.6) is 5.75 Å². The first kappa shape index (κ1) is 17.0. The van der Waals surface area contributed by atoms with Crippen molar-refractivity contribution >= 4 is 44.6 Å². The Morgan fingerprint density at radius 1 is 1.53 bits per heavy atom. The van der Waals surface area contributed by atoms with Gasteiger partial charge in [-0.05, 0) is 32.8 Å². The monoisotopic (exact) mass is 265 g/mol. The van der Waals surface area contributed by atoms with Crippen molar-refractivity contribution in [1.82, 2.24) is 0 Å². The molecule has 0 aliphatic rings. The fourth-order valence-corrected chi connectivity index (χ4v) is 2.68. The molecule has 0 heterocycles. The second kappa shape index (κ2) is 8.17. The molecule has 1 radical (unpaired) electrons. The van der Waals surface area contributed by atoms with E-state index in [1.165, 1.54) is 0 Å². The van der Waals surface area contributed by atoms with Gasteiger partial charge in [0.15, 0.2) is 5.52 Å². The van der Waals surface area contributed by atoms with Crippen molar-refractivity contribution in [2.75, 3.05) is 7.11 Å². The number of ether oxygens (including phenoxy) is 1. The zero-order valence-electron chi connectivity index (χ0n) is 10.7. The minimum Gasteiger partial charge on any atom is -0.496 e. The van der Waals surface area contributed by atoms with Gasteiger partial charge < -0.3 is 4.74 Å². The van der Waals surface area contributed by atoms with Crippen molar-refractivity contribution in [2.45, 2.75) is 25.9 Å². The third kappa shape index (κ3) is 4.64. The molecule has 0 saturated carbocycles. The topological polar surface area (TPSA) is 26.3 Å². The Bertz CT molecular complexity index is 385. The minimum atomic E-state index is 0. The summed E-state index contributed by atoms with van der Waals surface area (Å²) in [5.74, 6) is 0.563. The van der Waals surface area contributed by atoms with Crippen LogP contribution in [0.3, 0.4) is 0 Å². The second-order valence-electron chi connectivity index (χ2n) is 3.60. The molecule has 0 spiro atoms. The zero-order chi connectivity index (χ0) is 12.1. The van der Waals surface area contributed by atoms with E-state index < -0.39 is 0 Å². The van der Waals surface area contributed by atoms with Crippen LogP contribution in [0.25, 0.3) is 0 Å². The van der Waals surface area contributed by atoms with E-state index in [4.69, 9.17) is 16.3 Å². The van der Waals surface area contributed by atoms with Crippen LogP contribution in [-0.2, 0) is 0 Å². The predicted octanol–water partition coefficient (Wildman–Crippen LogP) is 3.59. The SMILES string of the molecule is CCC(C)PC(=O)c1c(Cl)cccc1OC.[Li]. The van der Waals surface area contributed by atoms with Gasteiger partial charge in [0, 0.05) is 18.9 Å². The Balaban J connectivity index is 0.00000256. The Morgan fingerprint density at radius 2 is 2.18 bits per heavy atom. The smallest absolute Gasteiger partial charge is 0.186 e. The summed E-state index contributed by atoms with van der Waals surface area (Å²) in [5, 5.41) is 0.472. The molecule has 17 heavy (non-hydrogen) atoms. The van der Waals surface area contributed by atoms with E-state index in [0.717, 1.165) is 6.42 Å². The summed E-state index contributed by atoms with van der Waals surface area (Å²) >= 11 is 6.03. The average Bonchev–Trinajstić information content (AvgIpc) is 2.28. The first-order valence-electron chi connectivity index (χ1n) is 5.23. The van der Waals surface area contributed by atoms with Crippen molar-refractivity contribution in [3.05, 3.63) is 28.8 Å². The molecule has 2 nitrogen and oxygen atoms in total. The number of carbonyl (C=O) groups is 1. The van der Waals surface area contributed by atoms with E-state index in [1.54, 1.807) is 25.3 Å². The van der Waals surface area contributed by atoms with E-state index in [1.807, 2.05) is 0 Å². The minimum absolute atomic E-state index is 0. The van der Waals surface area contributed by atoms with E-state index in [2.05, 4.69) is 13.8 Å². The molecule has 0 aliphatic carbocycles. The van der Waals surface area contributed by atoms with Crippen molar-refractivity contribution < 1.29 is 9.53 Å². The second-order valence-corrected chi connectivity index (χ2v) is 5.74. The van der Waals surface area contributed by atoms with Crippen LogP contribution in [0.15, 0.2) is 18.2 Å². The van der Waals surface area contributed by atoms with Crippen molar-refractivity contribution in [3.8, 4) is 5.75 Å². The molecule has 0 saturated heterocycles. The summed E-state index contributed by atoms with van der Waals surface area (Å²) in [5.41, 5.74) is 0.996. The van der Waals surface area contributed by atoms with E-state index in [9.17, 15) is 4.79 Å². The molecule has 89 valence electrons. The largest absolute Gasteiger partial charge is 0.496 e. The summed E-state index contributed by atoms with van der Waals surface area (Å²) in [6.07, 6.45) is 0.997. The van der Waals surface area contributed by atoms with Crippen LogP contribution >= 0.6 is 20.2 Å². The number of hydrogen-bond acceptors (Lipinski definition) is 2. The van der Waals surface area contributed by atoms with Crippen LogP contribution in [0.1, 0.15) is 30.6 Å². The van der Waals surface area contributed by atoms with E-state index in [0.29, 0.717) is 22.0 Å². The third-order valence-corrected chi connectivity index (χ3v) is 4.14. The molecule has 1 rings (SSSR count). The maximum atomic E-state index is 12.1. The molecule has 0 N–H and O–H groups in total. The number of carbonyl (C=O) groups excluding carboxylic acids is 1. The van der Waals surface area contributed by atoms with Gasteiger partial charge in [-0.25, -0.2) is 0 Å². The molecule has 0 aromatic heterocycles. The van der Waals surface area contributed by atoms with Gasteiger partial charge in [-0.2, -0.15) is 0 Å². The molecule has 1 aromatic carbocycles. The van der Waals surface area contributed by atoms with Gasteiger partial charge in [0.2, 0.25) is 0 Å². The molecule has 0 amide bonds. The quantitative estimate of drug-likeness (QED) is 0.601. The number of rotatable bonds is 5. The molecule has 0 aliphatic heterocycles. The fraction of sp³-hybridized carbons (Fsp3) is 0.417. The molecule has 0 fully saturated rings. The van der Waals surface area contributed by atoms with Crippen LogP contribution in [0, 0.1) is 0 Å². The number of halogens is 1. The fourth-order valence-electron chi connectivity index (χ4n) is 1.29. The van der Waals surface area contributed by atoms with Crippen molar-refractivity contribution in [2.24, 2.45) is 0 Å². The summed E-state index contributed by atoms with van der Waals surface area (Å²) < 4.78 is 5.16. The van der Waals surface area contributed by atoms with Gasteiger partial charge in [-0.15, -0.1) is 0 Å². The number of benzene rings is 1. The average molecular weight is 266 g/mol. The summed E-state index contributed by atoms with van der Waals surface area (Å²) in [4.78, 5) is 12.1. The standard InChI is InChI=1S/C12H16ClO2P.Li/c1-4-8(2)16-12(14)11-9(13)6-5-7-10(11)15-3;/h5-8,16H,4H2,1-3H3;. The molecule has 1 aromatic rings. The molecule has 5 heteroatoms. The van der Waals surface area contributed by atoms with Crippen molar-refractivity contribution in [1.29, 1.82) is 0 Å². The normalized spacial score (nSPS) is 12.2. The predicted molar refractivity (Wildman–Crippen MR) is 76.2 cm³/mol. The van der Waals surface area contributed by atoms with Gasteiger partial charge >= 0.3 is 0 Å². The van der Waals surface area contributed by atoms with Gasteiger partial charge in [0.25, 0.3) is 0 Å². The summed E-state index contributed by atoms with van der Waals surface area (Å²) in [6, 6.07) is 5.27. The summed E-state index contributed by atoms with van der Waals surface area (Å²) in [6.45, 7) is 4.15. The molecular formula is C12H16ClLiO2P. The first-order chi connectivity index (χ1) is 7.60. The number of hydrogen-bond donors (Lipinski definition) is 0. The summed E-state index contributed by atoms with van der Waals surface area (Å²) in [7, 11) is 1.80. The van der Waals surface area contributed by atoms with Gasteiger partial charge in [0.1, 0.15) is 5.75 Å². The molecule has 2 unspecified atom stereocenters. The Labute approximate surface area is 121 Å². The van der Waals surface area contributed by atoms with Crippen LogP contribution in [-0.4, -0.2) is 37.2 Å². The van der Waals surface area contributed by atoms with Crippen LogP contribution < -0.4 is 4.74 Å². The zero-order valence-corrected chi connectivity index (χ0v) is 12.5. The van der Waals surface area contributed by atoms with Crippen LogP contribution in [0.2, 0.25) is 5.02 Å². The van der Waals surface area contributed by atoms with Gasteiger partial charge in [0.05, 0.1) is 17.7 Å². The van der Waals surface area contributed by atoms with Gasteiger partial charge in [-0.1, -0.05) is 31.5 Å².